The van der Waals surface area contributed by atoms with Crippen molar-refractivity contribution in [2.24, 2.45) is 5.73 Å². The average Bonchev–Trinajstić information content (AvgIpc) is 3.52. The second-order valence-electron chi connectivity index (χ2n) is 8.78. The highest BCUT2D eigenvalue weighted by atomic mass is 32.2. The summed E-state index contributed by atoms with van der Waals surface area (Å²) in [7, 11) is 0. The average molecular weight is 520 g/mol. The molecule has 0 radical (unpaired) electrons. The zero-order valence-electron chi connectivity index (χ0n) is 20.1. The summed E-state index contributed by atoms with van der Waals surface area (Å²) in [5.74, 6) is -2.29. The van der Waals surface area contributed by atoms with Crippen LogP contribution in [0.3, 0.4) is 0 Å². The van der Waals surface area contributed by atoms with E-state index < -0.39 is 54.5 Å². The molecular weight excluding hydrogens is 486 g/mol. The molecule has 1 saturated heterocycles. The van der Waals surface area contributed by atoms with E-state index in [0.717, 1.165) is 16.5 Å². The van der Waals surface area contributed by atoms with E-state index in [4.69, 9.17) is 5.73 Å². The van der Waals surface area contributed by atoms with Gasteiger partial charge in [0.15, 0.2) is 0 Å². The Morgan fingerprint density at radius 3 is 2.67 bits per heavy atom. The number of aliphatic carboxylic acids is 1. The van der Waals surface area contributed by atoms with Crippen molar-refractivity contribution in [2.75, 3.05) is 25.2 Å². The number of rotatable bonds is 12. The van der Waals surface area contributed by atoms with Crippen molar-refractivity contribution in [3.63, 3.8) is 0 Å². The molecule has 0 spiro atoms. The summed E-state index contributed by atoms with van der Waals surface area (Å²) < 4.78 is 0. The minimum absolute atomic E-state index is 0.118. The molecule has 0 saturated carbocycles. The Hall–Kier alpha value is -3.09. The van der Waals surface area contributed by atoms with E-state index in [1.165, 1.54) is 16.7 Å². The molecule has 4 unspecified atom stereocenters. The molecule has 1 aromatic heterocycles. The first-order valence-corrected chi connectivity index (χ1v) is 13.2. The summed E-state index contributed by atoms with van der Waals surface area (Å²) in [5, 5.41) is 25.0. The first kappa shape index (κ1) is 27.5. The predicted molar refractivity (Wildman–Crippen MR) is 136 cm³/mol. The number of carbonyl (C=O) groups excluding carboxylic acids is 3. The third-order valence-electron chi connectivity index (χ3n) is 6.31. The third kappa shape index (κ3) is 6.56. The molecule has 2 aromatic rings. The van der Waals surface area contributed by atoms with Crippen molar-refractivity contribution in [3.8, 4) is 0 Å². The topological polar surface area (TPSA) is 178 Å². The Balaban J connectivity index is 1.82. The predicted octanol–water partition coefficient (Wildman–Crippen LogP) is -0.172. The number of aromatic nitrogens is 1. The fraction of sp³-hybridized carbons (Fsp3) is 0.500. The van der Waals surface area contributed by atoms with Gasteiger partial charge in [-0.1, -0.05) is 18.2 Å². The van der Waals surface area contributed by atoms with E-state index in [9.17, 15) is 29.4 Å². The maximum absolute atomic E-state index is 13.3. The second-order valence-corrected chi connectivity index (χ2v) is 9.77. The van der Waals surface area contributed by atoms with Gasteiger partial charge >= 0.3 is 5.97 Å². The lowest BCUT2D eigenvalue weighted by Crippen LogP contribution is -2.57. The first-order valence-electron chi connectivity index (χ1n) is 11.8. The molecule has 196 valence electrons. The largest absolute Gasteiger partial charge is 0.480 e. The van der Waals surface area contributed by atoms with Gasteiger partial charge in [0.25, 0.3) is 0 Å². The van der Waals surface area contributed by atoms with Gasteiger partial charge in [-0.25, -0.2) is 4.79 Å². The van der Waals surface area contributed by atoms with Crippen LogP contribution < -0.4 is 16.4 Å². The monoisotopic (exact) mass is 519 g/mol. The molecule has 1 aliphatic rings. The number of amides is 3. The summed E-state index contributed by atoms with van der Waals surface area (Å²) in [6.07, 6.45) is 4.93. The quantitative estimate of drug-likeness (QED) is 0.224. The molecule has 4 atom stereocenters. The summed E-state index contributed by atoms with van der Waals surface area (Å²) in [6, 6.07) is 3.39. The maximum Gasteiger partial charge on any atom is 0.326 e. The highest BCUT2D eigenvalue weighted by molar-refractivity contribution is 7.98. The van der Waals surface area contributed by atoms with Gasteiger partial charge in [-0.3, -0.25) is 14.4 Å². The number of benzene rings is 1. The van der Waals surface area contributed by atoms with Crippen LogP contribution in [0.15, 0.2) is 30.5 Å². The summed E-state index contributed by atoms with van der Waals surface area (Å²) in [6.45, 7) is -0.221. The number of likely N-dealkylation sites (tertiary alicyclic amines) is 1. The van der Waals surface area contributed by atoms with E-state index in [-0.39, 0.29) is 12.8 Å². The van der Waals surface area contributed by atoms with Gasteiger partial charge in [-0.15, -0.1) is 0 Å². The van der Waals surface area contributed by atoms with E-state index in [1.807, 2.05) is 30.5 Å². The Morgan fingerprint density at radius 2 is 1.97 bits per heavy atom. The first-order chi connectivity index (χ1) is 17.3. The molecular formula is C24H33N5O6S. The van der Waals surface area contributed by atoms with Crippen LogP contribution in [-0.4, -0.2) is 93.1 Å². The number of hydrogen-bond donors (Lipinski definition) is 6. The maximum atomic E-state index is 13.3. The second kappa shape index (κ2) is 12.7. The van der Waals surface area contributed by atoms with Crippen LogP contribution in [0.5, 0.6) is 0 Å². The summed E-state index contributed by atoms with van der Waals surface area (Å²) >= 11 is 1.47. The number of fused-ring (bicyclic) bond motifs is 1. The molecule has 7 N–H and O–H groups in total. The van der Waals surface area contributed by atoms with Crippen LogP contribution in [0, 0.1) is 0 Å². The fourth-order valence-corrected chi connectivity index (χ4v) is 4.83. The van der Waals surface area contributed by atoms with E-state index >= 15 is 0 Å². The number of carbonyl (C=O) groups is 4. The molecule has 1 fully saturated rings. The molecule has 3 rings (SSSR count). The number of carboxylic acids is 1. The van der Waals surface area contributed by atoms with Crippen molar-refractivity contribution >= 4 is 46.4 Å². The van der Waals surface area contributed by atoms with Crippen LogP contribution in [0.25, 0.3) is 10.9 Å². The number of carboxylic acid groups (broad SMARTS) is 1. The minimum atomic E-state index is -1.15. The molecule has 1 aromatic carbocycles. The number of H-pyrrole nitrogens is 1. The zero-order chi connectivity index (χ0) is 26.2. The number of aliphatic hydroxyl groups excluding tert-OH is 1. The van der Waals surface area contributed by atoms with Gasteiger partial charge in [-0.05, 0) is 42.9 Å². The Kier molecular flexibility index (Phi) is 9.73. The molecule has 0 bridgehead atoms. The third-order valence-corrected chi connectivity index (χ3v) is 6.95. The molecule has 12 heteroatoms. The number of para-hydroxylation sites is 1. The lowest BCUT2D eigenvalue weighted by molar-refractivity contribution is -0.143. The van der Waals surface area contributed by atoms with Crippen molar-refractivity contribution in [2.45, 2.75) is 49.9 Å². The van der Waals surface area contributed by atoms with Gasteiger partial charge in [0, 0.05) is 30.1 Å². The summed E-state index contributed by atoms with van der Waals surface area (Å²) in [5.41, 5.74) is 7.33. The van der Waals surface area contributed by atoms with Crippen molar-refractivity contribution < 1.29 is 29.4 Å². The number of aromatic amines is 1. The Labute approximate surface area is 213 Å². The molecule has 11 nitrogen and oxygen atoms in total. The van der Waals surface area contributed by atoms with E-state index in [1.54, 1.807) is 6.20 Å². The number of nitrogens with two attached hydrogens (primary N) is 1. The van der Waals surface area contributed by atoms with Crippen molar-refractivity contribution in [1.82, 2.24) is 20.5 Å². The van der Waals surface area contributed by atoms with Gasteiger partial charge in [0.2, 0.25) is 17.7 Å². The number of nitrogens with one attached hydrogen (secondary N) is 3. The molecule has 2 heterocycles. The van der Waals surface area contributed by atoms with E-state index in [2.05, 4.69) is 15.6 Å². The molecule has 0 aliphatic carbocycles. The van der Waals surface area contributed by atoms with Gasteiger partial charge < -0.3 is 36.5 Å². The van der Waals surface area contributed by atoms with Gasteiger partial charge in [0.1, 0.15) is 24.2 Å². The van der Waals surface area contributed by atoms with Gasteiger partial charge in [0.05, 0.1) is 6.61 Å². The number of thioether (sulfide) groups is 1. The Bertz CT molecular complexity index is 1090. The molecule has 3 amide bonds. The number of hydrogen-bond acceptors (Lipinski definition) is 7. The van der Waals surface area contributed by atoms with E-state index in [0.29, 0.717) is 25.1 Å². The van der Waals surface area contributed by atoms with Crippen molar-refractivity contribution in [3.05, 3.63) is 36.0 Å². The Morgan fingerprint density at radius 1 is 1.22 bits per heavy atom. The van der Waals surface area contributed by atoms with Crippen molar-refractivity contribution in [1.29, 1.82) is 0 Å². The SMILES string of the molecule is CSCCC(NC(=O)C(Cc1c[nH]c2ccccc12)NC(=O)C1CCCN1C(=O)C(N)CO)C(=O)O. The van der Waals surface area contributed by atoms with Crippen LogP contribution in [0.4, 0.5) is 0 Å². The molecule has 1 aliphatic heterocycles. The van der Waals surface area contributed by atoms with Gasteiger partial charge in [-0.2, -0.15) is 11.8 Å². The lowest BCUT2D eigenvalue weighted by Gasteiger charge is -2.28. The van der Waals surface area contributed by atoms with Crippen LogP contribution in [0.2, 0.25) is 0 Å². The lowest BCUT2D eigenvalue weighted by atomic mass is 10.0. The molecule has 36 heavy (non-hydrogen) atoms. The fourth-order valence-electron chi connectivity index (χ4n) is 4.36. The highest BCUT2D eigenvalue weighted by Gasteiger charge is 2.38. The standard InChI is InChI=1S/C24H33N5O6S/c1-36-10-8-18(24(34)35)27-21(31)19(11-14-12-26-17-6-3-2-5-15(14)17)28-22(32)20-7-4-9-29(20)23(33)16(25)13-30/h2-3,5-6,12,16,18-20,26,30H,4,7-11,13,25H2,1H3,(H,27,31)(H,28,32)(H,34,35). The zero-order valence-corrected chi connectivity index (χ0v) is 20.9. The van der Waals surface area contributed by atoms with Crippen LogP contribution in [0.1, 0.15) is 24.8 Å². The highest BCUT2D eigenvalue weighted by Crippen LogP contribution is 2.21. The number of aliphatic hydroxyl groups is 1. The normalized spacial score (nSPS) is 18.0. The number of nitrogens with zero attached hydrogens (tertiary/aromatic N) is 1. The summed E-state index contributed by atoms with van der Waals surface area (Å²) in [4.78, 5) is 55.2. The smallest absolute Gasteiger partial charge is 0.326 e. The van der Waals surface area contributed by atoms with Crippen LogP contribution >= 0.6 is 11.8 Å². The van der Waals surface area contributed by atoms with Crippen LogP contribution in [-0.2, 0) is 25.6 Å². The minimum Gasteiger partial charge on any atom is -0.480 e.